The summed E-state index contributed by atoms with van der Waals surface area (Å²) in [6.45, 7) is 24.1. The Morgan fingerprint density at radius 3 is 0.723 bits per heavy atom. The van der Waals surface area contributed by atoms with Crippen LogP contribution in [0.1, 0.15) is 72.3 Å². The lowest BCUT2D eigenvalue weighted by Gasteiger charge is -2.23. The molecule has 0 saturated carbocycles. The van der Waals surface area contributed by atoms with Crippen LogP contribution in [0.15, 0.2) is 133 Å². The summed E-state index contributed by atoms with van der Waals surface area (Å²) in [5.74, 6) is -11.2. The van der Waals surface area contributed by atoms with Crippen molar-refractivity contribution in [2.24, 2.45) is 0 Å². The van der Waals surface area contributed by atoms with Gasteiger partial charge in [-0.05, 0) is 238 Å². The second-order valence-electron chi connectivity index (χ2n) is 23.0. The fourth-order valence-corrected chi connectivity index (χ4v) is 14.0. The third kappa shape index (κ3) is 8.82. The van der Waals surface area contributed by atoms with E-state index < -0.39 is 63.3 Å². The number of aryl methyl sites for hydroxylation is 12. The molecule has 0 unspecified atom stereocenters. The molecule has 0 amide bonds. The molecule has 2 nitrogen and oxygen atoms in total. The van der Waals surface area contributed by atoms with Crippen LogP contribution in [-0.4, -0.2) is 9.13 Å². The summed E-state index contributed by atoms with van der Waals surface area (Å²) in [7, 11) is 0. The van der Waals surface area contributed by atoms with Crippen LogP contribution in [-0.2, 0) is 6.18 Å². The van der Waals surface area contributed by atoms with E-state index in [2.05, 4.69) is 48.5 Å². The molecule has 0 aliphatic rings. The monoisotopic (exact) mass is 1110 g/mol. The van der Waals surface area contributed by atoms with Gasteiger partial charge in [0.2, 0.25) is 5.82 Å². The van der Waals surface area contributed by atoms with Gasteiger partial charge in [0, 0.05) is 21.5 Å². The first kappa shape index (κ1) is 54.8. The van der Waals surface area contributed by atoms with E-state index in [-0.39, 0.29) is 0 Å². The van der Waals surface area contributed by atoms with Crippen molar-refractivity contribution < 1.29 is 35.1 Å². The van der Waals surface area contributed by atoms with E-state index in [1.54, 1.807) is 24.3 Å². The maximum Gasteiger partial charge on any atom is 0.420 e. The molecule has 0 atom stereocenters. The van der Waals surface area contributed by atoms with Crippen LogP contribution in [0.5, 0.6) is 0 Å². The van der Waals surface area contributed by atoms with E-state index in [0.29, 0.717) is 43.6 Å². The van der Waals surface area contributed by atoms with Gasteiger partial charge in [0.1, 0.15) is 5.56 Å². The average Bonchev–Trinajstić information content (AvgIpc) is 4.03. The standard InChI is InChI=1S/C73H58F8N2/c1-35-21-39(5)62(40(6)22-35)47-13-17-56-52(29-47)53-30-48(63-41(7)23-36(2)24-42(63)8)14-18-57(53)82(56)60-33-51(66-68(74)70(76)72(78)71(77)69(66)75)34-61(67(60)73(79,80)81)83-58-19-15-49(64-43(9)25-37(3)26-44(64)10)31-54(58)55-32-50(16-20-59(55)83)65-45(11)27-38(4)28-46(65)12/h13-34H,1-12H3. The first-order valence-corrected chi connectivity index (χ1v) is 27.6. The van der Waals surface area contributed by atoms with Crippen molar-refractivity contribution in [3.05, 3.63) is 235 Å². The Balaban J connectivity index is 1.26. The molecule has 0 aliphatic heterocycles. The third-order valence-electron chi connectivity index (χ3n) is 16.8. The second kappa shape index (κ2) is 19.7. The van der Waals surface area contributed by atoms with Gasteiger partial charge in [-0.25, -0.2) is 22.0 Å². The SMILES string of the molecule is Cc1cc(C)c(-c2ccc3c(c2)c2cc(-c4c(C)cc(C)cc4C)ccc2n3-c2cc(-c3c(F)c(F)c(F)c(F)c3F)cc(-n3c4ccc(-c5c(C)cc(C)cc5C)cc4c4cc(-c5c(C)cc(C)cc5C)ccc43)c2C(F)(F)F)c(C)c1. The highest BCUT2D eigenvalue weighted by Crippen LogP contribution is 2.49. The van der Waals surface area contributed by atoms with Crippen molar-refractivity contribution in [2.45, 2.75) is 89.3 Å². The Bertz CT molecular complexity index is 4190. The summed E-state index contributed by atoms with van der Waals surface area (Å²) >= 11 is 0. The molecule has 0 radical (unpaired) electrons. The highest BCUT2D eigenvalue weighted by Gasteiger charge is 2.41. The van der Waals surface area contributed by atoms with Gasteiger partial charge >= 0.3 is 6.18 Å². The topological polar surface area (TPSA) is 9.86 Å². The molecule has 0 fully saturated rings. The molecule has 12 rings (SSSR count). The Labute approximate surface area is 476 Å². The van der Waals surface area contributed by atoms with Crippen LogP contribution in [0.3, 0.4) is 0 Å². The number of benzene rings is 10. The zero-order valence-corrected chi connectivity index (χ0v) is 48.1. The lowest BCUT2D eigenvalue weighted by atomic mass is 9.91. The Morgan fingerprint density at radius 2 is 0.494 bits per heavy atom. The van der Waals surface area contributed by atoms with E-state index in [1.165, 1.54) is 9.13 Å². The highest BCUT2D eigenvalue weighted by atomic mass is 19.4. The second-order valence-corrected chi connectivity index (χ2v) is 23.0. The highest BCUT2D eigenvalue weighted by molar-refractivity contribution is 6.14. The number of halogens is 8. The summed E-state index contributed by atoms with van der Waals surface area (Å²) in [4.78, 5) is 0. The molecule has 2 heterocycles. The van der Waals surface area contributed by atoms with Gasteiger partial charge in [0.25, 0.3) is 0 Å². The van der Waals surface area contributed by atoms with Gasteiger partial charge < -0.3 is 9.13 Å². The summed E-state index contributed by atoms with van der Waals surface area (Å²) in [6.07, 6.45) is -5.23. The molecule has 83 heavy (non-hydrogen) atoms. The van der Waals surface area contributed by atoms with E-state index in [9.17, 15) is 4.39 Å². The molecule has 2 aromatic heterocycles. The quantitative estimate of drug-likeness (QED) is 0.0855. The summed E-state index contributed by atoms with van der Waals surface area (Å²) < 4.78 is 134. The van der Waals surface area contributed by atoms with Crippen LogP contribution in [0, 0.1) is 112 Å². The Kier molecular flexibility index (Phi) is 13.0. The molecule has 0 bridgehead atoms. The molecule has 416 valence electrons. The van der Waals surface area contributed by atoms with Gasteiger partial charge in [-0.2, -0.15) is 13.2 Å². The predicted octanol–water partition coefficient (Wildman–Crippen LogP) is 21.6. The van der Waals surface area contributed by atoms with Crippen molar-refractivity contribution in [2.75, 3.05) is 0 Å². The third-order valence-corrected chi connectivity index (χ3v) is 16.8. The number of hydrogen-bond donors (Lipinski definition) is 0. The average molecular weight is 1120 g/mol. The zero-order chi connectivity index (χ0) is 59.2. The van der Waals surface area contributed by atoms with E-state index in [0.717, 1.165) is 123 Å². The Hall–Kier alpha value is -8.76. The number of fused-ring (bicyclic) bond motifs is 6. The van der Waals surface area contributed by atoms with Crippen LogP contribution in [0.25, 0.3) is 111 Å². The molecule has 12 aromatic rings. The number of nitrogens with zero attached hydrogens (tertiary/aromatic N) is 2. The predicted molar refractivity (Wildman–Crippen MR) is 324 cm³/mol. The lowest BCUT2D eigenvalue weighted by Crippen LogP contribution is -2.16. The van der Waals surface area contributed by atoms with Crippen molar-refractivity contribution in [3.63, 3.8) is 0 Å². The van der Waals surface area contributed by atoms with Crippen LogP contribution in [0.4, 0.5) is 35.1 Å². The lowest BCUT2D eigenvalue weighted by molar-refractivity contribution is -0.137. The van der Waals surface area contributed by atoms with Crippen LogP contribution >= 0.6 is 0 Å². The minimum Gasteiger partial charge on any atom is -0.309 e. The minimum absolute atomic E-state index is 0.302. The molecule has 0 spiro atoms. The van der Waals surface area contributed by atoms with Gasteiger partial charge in [0.15, 0.2) is 23.3 Å². The van der Waals surface area contributed by atoms with Crippen LogP contribution in [0.2, 0.25) is 0 Å². The molecule has 0 N–H and O–H groups in total. The maximum absolute atomic E-state index is 17.3. The molecular formula is C73H58F8N2. The van der Waals surface area contributed by atoms with Crippen molar-refractivity contribution in [1.82, 2.24) is 9.13 Å². The molecule has 0 aliphatic carbocycles. The summed E-state index contributed by atoms with van der Waals surface area (Å²) in [6, 6.07) is 40.6. The first-order chi connectivity index (χ1) is 39.3. The molecule has 10 aromatic carbocycles. The van der Waals surface area contributed by atoms with Gasteiger partial charge in [0.05, 0.1) is 39.0 Å². The minimum atomic E-state index is -5.23. The van der Waals surface area contributed by atoms with Gasteiger partial charge in [-0.1, -0.05) is 95.1 Å². The fourth-order valence-electron chi connectivity index (χ4n) is 14.0. The van der Waals surface area contributed by atoms with Crippen molar-refractivity contribution in [3.8, 4) is 67.0 Å². The largest absolute Gasteiger partial charge is 0.420 e. The number of hydrogen-bond acceptors (Lipinski definition) is 0. The number of aromatic nitrogens is 2. The molecular weight excluding hydrogens is 1060 g/mol. The van der Waals surface area contributed by atoms with Gasteiger partial charge in [-0.3, -0.25) is 0 Å². The number of rotatable bonds is 7. The van der Waals surface area contributed by atoms with E-state index >= 15 is 30.7 Å². The van der Waals surface area contributed by atoms with Crippen molar-refractivity contribution in [1.29, 1.82) is 0 Å². The normalized spacial score (nSPS) is 12.1. The molecule has 10 heteroatoms. The van der Waals surface area contributed by atoms with Crippen molar-refractivity contribution >= 4 is 43.6 Å². The van der Waals surface area contributed by atoms with Crippen LogP contribution < -0.4 is 0 Å². The maximum atomic E-state index is 17.3. The molecule has 0 saturated heterocycles. The number of alkyl halides is 3. The fraction of sp³-hybridized carbons (Fsp3) is 0.178. The Morgan fingerprint density at radius 1 is 0.265 bits per heavy atom. The first-order valence-electron chi connectivity index (χ1n) is 27.6. The zero-order valence-electron chi connectivity index (χ0n) is 48.1. The summed E-state index contributed by atoms with van der Waals surface area (Å²) in [5.41, 5.74) is 16.0. The van der Waals surface area contributed by atoms with E-state index in [1.807, 2.05) is 132 Å². The van der Waals surface area contributed by atoms with E-state index in [4.69, 9.17) is 0 Å². The smallest absolute Gasteiger partial charge is 0.309 e. The summed E-state index contributed by atoms with van der Waals surface area (Å²) in [5, 5.41) is 2.27. The van der Waals surface area contributed by atoms with Gasteiger partial charge in [-0.15, -0.1) is 0 Å².